The van der Waals surface area contributed by atoms with Crippen LogP contribution in [0.3, 0.4) is 0 Å². The highest BCUT2D eigenvalue weighted by atomic mass is 35.5. The third-order valence-corrected chi connectivity index (χ3v) is 5.40. The van der Waals surface area contributed by atoms with E-state index in [1.165, 1.54) is 32.1 Å². The van der Waals surface area contributed by atoms with Crippen LogP contribution in [0, 0.1) is 17.8 Å². The fourth-order valence-corrected chi connectivity index (χ4v) is 4.23. The average Bonchev–Trinajstić information content (AvgIpc) is 3.09. The summed E-state index contributed by atoms with van der Waals surface area (Å²) >= 11 is 0. The van der Waals surface area contributed by atoms with E-state index in [0.29, 0.717) is 6.42 Å². The van der Waals surface area contributed by atoms with Crippen molar-refractivity contribution in [3.8, 4) is 0 Å². The number of halogens is 1. The molecule has 0 heterocycles. The standard InChI is InChI=1S/C18H26N2O.ClH/c19-17-4-2-1-3-14(17)7-8-18(21)20-10-9-16-12-13-5-6-15(16)11-13;/h1-4,13,15-16H,5-12,19H2,(H,20,21);1H. The molecule has 1 aromatic rings. The van der Waals surface area contributed by atoms with Crippen molar-refractivity contribution in [2.24, 2.45) is 17.8 Å². The Morgan fingerprint density at radius 3 is 2.73 bits per heavy atom. The number of hydrogen-bond acceptors (Lipinski definition) is 2. The first kappa shape index (κ1) is 17.1. The molecule has 4 heteroatoms. The van der Waals surface area contributed by atoms with Gasteiger partial charge in [0.05, 0.1) is 0 Å². The summed E-state index contributed by atoms with van der Waals surface area (Å²) in [5.74, 6) is 2.98. The van der Waals surface area contributed by atoms with Crippen LogP contribution in [-0.2, 0) is 11.2 Å². The summed E-state index contributed by atoms with van der Waals surface area (Å²) in [5.41, 5.74) is 7.75. The van der Waals surface area contributed by atoms with Crippen molar-refractivity contribution in [2.45, 2.75) is 44.9 Å². The van der Waals surface area contributed by atoms with Gasteiger partial charge in [0.25, 0.3) is 0 Å². The molecule has 0 spiro atoms. The lowest BCUT2D eigenvalue weighted by molar-refractivity contribution is -0.121. The molecule has 2 aliphatic carbocycles. The van der Waals surface area contributed by atoms with E-state index in [9.17, 15) is 4.79 Å². The summed E-state index contributed by atoms with van der Waals surface area (Å²) in [5, 5.41) is 3.08. The molecule has 3 unspecified atom stereocenters. The van der Waals surface area contributed by atoms with Gasteiger partial charge in [0, 0.05) is 18.7 Å². The molecule has 1 aromatic carbocycles. The summed E-state index contributed by atoms with van der Waals surface area (Å²) in [7, 11) is 0. The number of aryl methyl sites for hydroxylation is 1. The van der Waals surface area contributed by atoms with E-state index in [2.05, 4.69) is 5.32 Å². The molecule has 2 aliphatic rings. The number of amides is 1. The smallest absolute Gasteiger partial charge is 0.220 e. The number of carbonyl (C=O) groups is 1. The fourth-order valence-electron chi connectivity index (χ4n) is 4.23. The second kappa shape index (κ2) is 7.87. The van der Waals surface area contributed by atoms with Gasteiger partial charge in [0.15, 0.2) is 0 Å². The van der Waals surface area contributed by atoms with Crippen LogP contribution < -0.4 is 11.1 Å². The van der Waals surface area contributed by atoms with E-state index < -0.39 is 0 Å². The lowest BCUT2D eigenvalue weighted by Gasteiger charge is -2.21. The largest absolute Gasteiger partial charge is 0.399 e. The van der Waals surface area contributed by atoms with Gasteiger partial charge in [-0.25, -0.2) is 0 Å². The molecule has 2 saturated carbocycles. The van der Waals surface area contributed by atoms with Crippen molar-refractivity contribution in [1.82, 2.24) is 5.32 Å². The normalized spacial score (nSPS) is 25.7. The number of hydrogen-bond donors (Lipinski definition) is 2. The first-order valence-corrected chi connectivity index (χ1v) is 8.32. The van der Waals surface area contributed by atoms with Gasteiger partial charge in [-0.15, -0.1) is 12.4 Å². The summed E-state index contributed by atoms with van der Waals surface area (Å²) in [6.07, 6.45) is 8.16. The second-order valence-electron chi connectivity index (χ2n) is 6.77. The molecule has 0 radical (unpaired) electrons. The van der Waals surface area contributed by atoms with Gasteiger partial charge in [0.1, 0.15) is 0 Å². The minimum Gasteiger partial charge on any atom is -0.399 e. The van der Waals surface area contributed by atoms with E-state index in [1.54, 1.807) is 0 Å². The van der Waals surface area contributed by atoms with Gasteiger partial charge in [0.2, 0.25) is 5.91 Å². The Labute approximate surface area is 139 Å². The maximum absolute atomic E-state index is 11.9. The Kier molecular flexibility index (Phi) is 6.13. The van der Waals surface area contributed by atoms with Crippen LogP contribution in [-0.4, -0.2) is 12.5 Å². The van der Waals surface area contributed by atoms with E-state index in [0.717, 1.165) is 42.0 Å². The highest BCUT2D eigenvalue weighted by molar-refractivity contribution is 5.85. The fraction of sp³-hybridized carbons (Fsp3) is 0.611. The minimum absolute atomic E-state index is 0. The number of fused-ring (bicyclic) bond motifs is 2. The van der Waals surface area contributed by atoms with Crippen LogP contribution in [0.1, 0.15) is 44.1 Å². The van der Waals surface area contributed by atoms with Crippen LogP contribution in [0.5, 0.6) is 0 Å². The van der Waals surface area contributed by atoms with Gasteiger partial charge < -0.3 is 11.1 Å². The molecule has 3 nitrogen and oxygen atoms in total. The molecular formula is C18H27ClN2O. The van der Waals surface area contributed by atoms with E-state index in [1.807, 2.05) is 24.3 Å². The zero-order chi connectivity index (χ0) is 14.7. The van der Waals surface area contributed by atoms with Crippen LogP contribution in [0.2, 0.25) is 0 Å². The predicted octanol–water partition coefficient (Wildman–Crippen LogP) is 3.57. The third kappa shape index (κ3) is 4.16. The molecule has 2 fully saturated rings. The monoisotopic (exact) mass is 322 g/mol. The van der Waals surface area contributed by atoms with Crippen LogP contribution in [0.25, 0.3) is 0 Å². The number of carbonyl (C=O) groups excluding carboxylic acids is 1. The molecule has 3 rings (SSSR count). The van der Waals surface area contributed by atoms with Gasteiger partial charge in [-0.1, -0.05) is 24.6 Å². The summed E-state index contributed by atoms with van der Waals surface area (Å²) in [6, 6.07) is 7.78. The topological polar surface area (TPSA) is 55.1 Å². The van der Waals surface area contributed by atoms with Gasteiger partial charge in [-0.05, 0) is 61.5 Å². The number of benzene rings is 1. The molecule has 0 saturated heterocycles. The number of anilines is 1. The van der Waals surface area contributed by atoms with Gasteiger partial charge >= 0.3 is 0 Å². The summed E-state index contributed by atoms with van der Waals surface area (Å²) in [4.78, 5) is 11.9. The van der Waals surface area contributed by atoms with Crippen molar-refractivity contribution in [3.63, 3.8) is 0 Å². The maximum Gasteiger partial charge on any atom is 0.220 e. The molecular weight excluding hydrogens is 296 g/mol. The van der Waals surface area contributed by atoms with Gasteiger partial charge in [-0.3, -0.25) is 4.79 Å². The molecule has 122 valence electrons. The number of nitrogens with two attached hydrogens (primary N) is 1. The molecule has 3 atom stereocenters. The summed E-state index contributed by atoms with van der Waals surface area (Å²) < 4.78 is 0. The van der Waals surface area contributed by atoms with Crippen LogP contribution in [0.15, 0.2) is 24.3 Å². The zero-order valence-corrected chi connectivity index (χ0v) is 13.9. The first-order chi connectivity index (χ1) is 10.2. The van der Waals surface area contributed by atoms with Crippen LogP contribution >= 0.6 is 12.4 Å². The summed E-state index contributed by atoms with van der Waals surface area (Å²) in [6.45, 7) is 0.844. The molecule has 0 aliphatic heterocycles. The van der Waals surface area contributed by atoms with Crippen molar-refractivity contribution >= 4 is 24.0 Å². The zero-order valence-electron chi connectivity index (χ0n) is 13.1. The number of rotatable bonds is 6. The Bertz CT molecular complexity index is 506. The van der Waals surface area contributed by atoms with E-state index in [4.69, 9.17) is 5.73 Å². The predicted molar refractivity (Wildman–Crippen MR) is 93.0 cm³/mol. The molecule has 1 amide bonds. The third-order valence-electron chi connectivity index (χ3n) is 5.40. The van der Waals surface area contributed by atoms with Crippen molar-refractivity contribution in [1.29, 1.82) is 0 Å². The Balaban J connectivity index is 0.00000176. The Hall–Kier alpha value is -1.22. The number of nitrogens with one attached hydrogen (secondary N) is 1. The SMILES string of the molecule is Cl.Nc1ccccc1CCC(=O)NCCC1CC2CCC1C2. The molecule has 0 aromatic heterocycles. The average molecular weight is 323 g/mol. The first-order valence-electron chi connectivity index (χ1n) is 8.32. The van der Waals surface area contributed by atoms with Crippen molar-refractivity contribution < 1.29 is 4.79 Å². The molecule has 3 N–H and O–H groups in total. The van der Waals surface area contributed by atoms with Crippen LogP contribution in [0.4, 0.5) is 5.69 Å². The molecule has 2 bridgehead atoms. The second-order valence-corrected chi connectivity index (χ2v) is 6.77. The van der Waals surface area contributed by atoms with Crippen molar-refractivity contribution in [2.75, 3.05) is 12.3 Å². The Morgan fingerprint density at radius 2 is 2.05 bits per heavy atom. The lowest BCUT2D eigenvalue weighted by atomic mass is 9.86. The molecule has 22 heavy (non-hydrogen) atoms. The highest BCUT2D eigenvalue weighted by Crippen LogP contribution is 2.49. The van der Waals surface area contributed by atoms with Gasteiger partial charge in [-0.2, -0.15) is 0 Å². The minimum atomic E-state index is 0. The highest BCUT2D eigenvalue weighted by Gasteiger charge is 2.38. The quantitative estimate of drug-likeness (QED) is 0.787. The maximum atomic E-state index is 11.9. The van der Waals surface area contributed by atoms with Crippen molar-refractivity contribution in [3.05, 3.63) is 29.8 Å². The number of para-hydroxylation sites is 1. The van der Waals surface area contributed by atoms with E-state index in [-0.39, 0.29) is 18.3 Å². The Morgan fingerprint density at radius 1 is 1.23 bits per heavy atom. The van der Waals surface area contributed by atoms with E-state index >= 15 is 0 Å². The lowest BCUT2D eigenvalue weighted by Crippen LogP contribution is -2.27. The number of nitrogen functional groups attached to an aromatic ring is 1.